The van der Waals surface area contributed by atoms with Crippen LogP contribution in [0.2, 0.25) is 5.02 Å². The van der Waals surface area contributed by atoms with E-state index in [0.717, 1.165) is 5.56 Å². The zero-order chi connectivity index (χ0) is 14.4. The highest BCUT2D eigenvalue weighted by Crippen LogP contribution is 2.20. The molecule has 1 atom stereocenters. The molecule has 1 rings (SSSR count). The van der Waals surface area contributed by atoms with E-state index in [9.17, 15) is 9.59 Å². The number of primary amides is 1. The van der Waals surface area contributed by atoms with Gasteiger partial charge in [-0.05, 0) is 30.7 Å². The maximum atomic E-state index is 11.4. The highest BCUT2D eigenvalue weighted by molar-refractivity contribution is 6.31. The first-order chi connectivity index (χ1) is 8.90. The van der Waals surface area contributed by atoms with Gasteiger partial charge in [0.1, 0.15) is 11.9 Å². The molecule has 4 N–H and O–H groups in total. The van der Waals surface area contributed by atoms with Crippen LogP contribution in [0.1, 0.15) is 5.56 Å². The molecule has 2 amide bonds. The van der Waals surface area contributed by atoms with E-state index in [0.29, 0.717) is 10.8 Å². The van der Waals surface area contributed by atoms with Crippen molar-refractivity contribution in [3.8, 4) is 5.75 Å². The van der Waals surface area contributed by atoms with E-state index in [1.54, 1.807) is 18.2 Å². The summed E-state index contributed by atoms with van der Waals surface area (Å²) in [6.07, 6.45) is -1.40. The largest absolute Gasteiger partial charge is 0.484 e. The number of aryl methyl sites for hydroxylation is 1. The molecule has 6 nitrogen and oxygen atoms in total. The molecule has 0 saturated carbocycles. The second-order valence-electron chi connectivity index (χ2n) is 3.92. The van der Waals surface area contributed by atoms with Crippen molar-refractivity contribution in [3.63, 3.8) is 0 Å². The number of halogens is 1. The highest BCUT2D eigenvalue weighted by Gasteiger charge is 2.12. The Labute approximate surface area is 115 Å². The van der Waals surface area contributed by atoms with Crippen LogP contribution in [-0.4, -0.2) is 36.2 Å². The number of aliphatic hydroxyl groups is 1. The Balaban J connectivity index is 2.37. The third-order valence-electron chi connectivity index (χ3n) is 2.32. The Bertz CT molecular complexity index is 479. The van der Waals surface area contributed by atoms with Crippen LogP contribution in [0.3, 0.4) is 0 Å². The molecule has 0 radical (unpaired) electrons. The molecule has 1 aromatic carbocycles. The maximum Gasteiger partial charge on any atom is 0.258 e. The smallest absolute Gasteiger partial charge is 0.258 e. The predicted octanol–water partition coefficient (Wildman–Crippen LogP) is -0.0104. The van der Waals surface area contributed by atoms with Gasteiger partial charge in [-0.25, -0.2) is 0 Å². The summed E-state index contributed by atoms with van der Waals surface area (Å²) in [6.45, 7) is 1.35. The van der Waals surface area contributed by atoms with E-state index < -0.39 is 17.9 Å². The number of hydrogen-bond acceptors (Lipinski definition) is 4. The number of hydrogen-bond donors (Lipinski definition) is 3. The monoisotopic (exact) mass is 286 g/mol. The third kappa shape index (κ3) is 5.15. The van der Waals surface area contributed by atoms with Crippen LogP contribution < -0.4 is 15.8 Å². The Morgan fingerprint density at radius 3 is 2.79 bits per heavy atom. The average molecular weight is 287 g/mol. The molecule has 104 valence electrons. The predicted molar refractivity (Wildman–Crippen MR) is 69.9 cm³/mol. The van der Waals surface area contributed by atoms with Gasteiger partial charge in [0.25, 0.3) is 5.91 Å². The van der Waals surface area contributed by atoms with Crippen molar-refractivity contribution in [2.75, 3.05) is 13.2 Å². The molecule has 0 bridgehead atoms. The van der Waals surface area contributed by atoms with Crippen LogP contribution in [-0.2, 0) is 9.59 Å². The lowest BCUT2D eigenvalue weighted by Gasteiger charge is -2.10. The number of benzene rings is 1. The van der Waals surface area contributed by atoms with E-state index in [2.05, 4.69) is 5.32 Å². The van der Waals surface area contributed by atoms with Crippen molar-refractivity contribution in [2.45, 2.75) is 13.0 Å². The molecule has 0 aliphatic rings. The summed E-state index contributed by atoms with van der Waals surface area (Å²) in [7, 11) is 0. The number of carbonyl (C=O) groups is 2. The molecule has 0 aliphatic carbocycles. The average Bonchev–Trinajstić information content (AvgIpc) is 2.37. The summed E-state index contributed by atoms with van der Waals surface area (Å²) < 4.78 is 5.23. The SMILES string of the molecule is Cc1cc(OCC(=O)NCC(O)C(N)=O)ccc1Cl. The van der Waals surface area contributed by atoms with E-state index in [4.69, 9.17) is 27.2 Å². The van der Waals surface area contributed by atoms with Gasteiger partial charge in [-0.3, -0.25) is 9.59 Å². The van der Waals surface area contributed by atoms with Crippen LogP contribution in [0.15, 0.2) is 18.2 Å². The molecule has 1 aromatic rings. The molecule has 0 saturated heterocycles. The summed E-state index contributed by atoms with van der Waals surface area (Å²) in [5.74, 6) is -0.852. The molecule has 1 unspecified atom stereocenters. The number of amides is 2. The van der Waals surface area contributed by atoms with Gasteiger partial charge in [-0.2, -0.15) is 0 Å². The minimum absolute atomic E-state index is 0.230. The fourth-order valence-corrected chi connectivity index (χ4v) is 1.34. The molecule has 7 heteroatoms. The van der Waals surface area contributed by atoms with E-state index >= 15 is 0 Å². The van der Waals surface area contributed by atoms with Crippen molar-refractivity contribution in [3.05, 3.63) is 28.8 Å². The Morgan fingerprint density at radius 1 is 1.53 bits per heavy atom. The topological polar surface area (TPSA) is 102 Å². The molecule has 0 heterocycles. The van der Waals surface area contributed by atoms with Gasteiger partial charge < -0.3 is 20.9 Å². The van der Waals surface area contributed by atoms with Gasteiger partial charge in [-0.1, -0.05) is 11.6 Å². The van der Waals surface area contributed by atoms with Gasteiger partial charge in [0, 0.05) is 5.02 Å². The van der Waals surface area contributed by atoms with Crippen molar-refractivity contribution >= 4 is 23.4 Å². The Hall–Kier alpha value is -1.79. The minimum Gasteiger partial charge on any atom is -0.484 e. The van der Waals surface area contributed by atoms with Crippen LogP contribution in [0, 0.1) is 6.92 Å². The molecule has 19 heavy (non-hydrogen) atoms. The molecule has 0 spiro atoms. The lowest BCUT2D eigenvalue weighted by Crippen LogP contribution is -2.41. The molecule has 0 aliphatic heterocycles. The zero-order valence-electron chi connectivity index (χ0n) is 10.4. The summed E-state index contributed by atoms with van der Waals surface area (Å²) in [6, 6.07) is 5.01. The van der Waals surface area contributed by atoms with E-state index in [-0.39, 0.29) is 13.2 Å². The van der Waals surface area contributed by atoms with Crippen LogP contribution in [0.25, 0.3) is 0 Å². The van der Waals surface area contributed by atoms with Gasteiger partial charge in [0.05, 0.1) is 6.54 Å². The van der Waals surface area contributed by atoms with Crippen molar-refractivity contribution < 1.29 is 19.4 Å². The minimum atomic E-state index is -1.40. The lowest BCUT2D eigenvalue weighted by atomic mass is 10.2. The molecular formula is C12H15ClN2O4. The molecular weight excluding hydrogens is 272 g/mol. The summed E-state index contributed by atoms with van der Waals surface area (Å²) >= 11 is 5.85. The second-order valence-corrected chi connectivity index (χ2v) is 4.33. The number of nitrogens with one attached hydrogen (secondary N) is 1. The third-order valence-corrected chi connectivity index (χ3v) is 2.74. The summed E-state index contributed by atoms with van der Waals surface area (Å²) in [5.41, 5.74) is 5.67. The van der Waals surface area contributed by atoms with Gasteiger partial charge in [0.2, 0.25) is 5.91 Å². The van der Waals surface area contributed by atoms with Crippen LogP contribution in [0.4, 0.5) is 0 Å². The van der Waals surface area contributed by atoms with E-state index in [1.165, 1.54) is 0 Å². The van der Waals surface area contributed by atoms with Crippen molar-refractivity contribution in [1.29, 1.82) is 0 Å². The zero-order valence-corrected chi connectivity index (χ0v) is 11.1. The maximum absolute atomic E-state index is 11.4. The van der Waals surface area contributed by atoms with Gasteiger partial charge >= 0.3 is 0 Å². The number of nitrogens with two attached hydrogens (primary N) is 1. The summed E-state index contributed by atoms with van der Waals surface area (Å²) in [4.78, 5) is 21.9. The van der Waals surface area contributed by atoms with Crippen molar-refractivity contribution in [2.24, 2.45) is 5.73 Å². The van der Waals surface area contributed by atoms with Crippen LogP contribution in [0.5, 0.6) is 5.75 Å². The first-order valence-corrected chi connectivity index (χ1v) is 5.91. The van der Waals surface area contributed by atoms with Crippen LogP contribution >= 0.6 is 11.6 Å². The number of rotatable bonds is 6. The van der Waals surface area contributed by atoms with E-state index in [1.807, 2.05) is 6.92 Å². The normalized spacial score (nSPS) is 11.7. The Kier molecular flexibility index (Phi) is 5.59. The second kappa shape index (κ2) is 6.96. The molecule has 0 fully saturated rings. The lowest BCUT2D eigenvalue weighted by molar-refractivity contribution is -0.127. The Morgan fingerprint density at radius 2 is 2.21 bits per heavy atom. The first kappa shape index (κ1) is 15.3. The fourth-order valence-electron chi connectivity index (χ4n) is 1.22. The quantitative estimate of drug-likeness (QED) is 0.684. The van der Waals surface area contributed by atoms with Crippen molar-refractivity contribution in [1.82, 2.24) is 5.32 Å². The molecule has 0 aromatic heterocycles. The van der Waals surface area contributed by atoms with Gasteiger partial charge in [-0.15, -0.1) is 0 Å². The number of carbonyl (C=O) groups excluding carboxylic acids is 2. The first-order valence-electron chi connectivity index (χ1n) is 5.53. The fraction of sp³-hybridized carbons (Fsp3) is 0.333. The highest BCUT2D eigenvalue weighted by atomic mass is 35.5. The summed E-state index contributed by atoms with van der Waals surface area (Å²) in [5, 5.41) is 12.0. The van der Waals surface area contributed by atoms with Gasteiger partial charge in [0.15, 0.2) is 6.61 Å². The number of aliphatic hydroxyl groups excluding tert-OH is 1. The number of ether oxygens (including phenoxy) is 1. The standard InChI is InChI=1S/C12H15ClN2O4/c1-7-4-8(2-3-9(7)13)19-6-11(17)15-5-10(16)12(14)18/h2-4,10,16H,5-6H2,1H3,(H2,14,18)(H,15,17).